The Hall–Kier alpha value is -5.39. The van der Waals surface area contributed by atoms with Crippen LogP contribution in [0.2, 0.25) is 0 Å². The molecule has 12 nitrogen and oxygen atoms in total. The Morgan fingerprint density at radius 3 is 2.55 bits per heavy atom. The molecule has 12 heteroatoms. The van der Waals surface area contributed by atoms with Crippen LogP contribution in [0.3, 0.4) is 0 Å². The molecule has 0 spiro atoms. The number of carbonyl (C=O) groups is 2. The minimum Gasteiger partial charge on any atom is -0.497 e. The van der Waals surface area contributed by atoms with Crippen molar-refractivity contribution in [3.8, 4) is 17.2 Å². The molecule has 0 atom stereocenters. The molecule has 5 rings (SSSR count). The predicted molar refractivity (Wildman–Crippen MR) is 159 cm³/mol. The van der Waals surface area contributed by atoms with E-state index in [2.05, 4.69) is 32.3 Å². The normalized spacial score (nSPS) is 13.3. The number of piperidine rings is 1. The summed E-state index contributed by atoms with van der Waals surface area (Å²) in [4.78, 5) is 34.8. The summed E-state index contributed by atoms with van der Waals surface area (Å²) >= 11 is 0. The standard InChI is InChI=1S/C30H32N8O4/c1-4-26(39)37-12-10-21(11-13-37)38-18-20(16-33-38)34-30-32-17-24(28(31)40)29(36-30)35-27-19(2)14-23(41-3)15-25(27)42-22-8-6-5-7-9-22/h4-9,14-18,21H,1,10-13H2,2-3H3,(H2,31,40)(H2,32,34,35,36). The Balaban J connectivity index is 1.38. The molecule has 1 fully saturated rings. The Bertz CT molecular complexity index is 1600. The van der Waals surface area contributed by atoms with Crippen molar-refractivity contribution in [3.63, 3.8) is 0 Å². The number of aromatic nitrogens is 4. The van der Waals surface area contributed by atoms with Gasteiger partial charge in [0.15, 0.2) is 5.75 Å². The molecule has 42 heavy (non-hydrogen) atoms. The molecule has 3 heterocycles. The Morgan fingerprint density at radius 2 is 1.86 bits per heavy atom. The van der Waals surface area contributed by atoms with Gasteiger partial charge >= 0.3 is 0 Å². The van der Waals surface area contributed by atoms with Crippen LogP contribution >= 0.6 is 0 Å². The number of likely N-dealkylation sites (tertiary alicyclic amines) is 1. The average Bonchev–Trinajstić information content (AvgIpc) is 3.47. The molecule has 0 unspecified atom stereocenters. The molecule has 1 aliphatic rings. The van der Waals surface area contributed by atoms with Gasteiger partial charge in [0.1, 0.15) is 22.9 Å². The number of nitrogens with two attached hydrogens (primary N) is 1. The quantitative estimate of drug-likeness (QED) is 0.231. The number of nitrogens with one attached hydrogen (secondary N) is 2. The van der Waals surface area contributed by atoms with Gasteiger partial charge < -0.3 is 30.7 Å². The van der Waals surface area contributed by atoms with Crippen LogP contribution in [0.1, 0.15) is 34.8 Å². The first-order chi connectivity index (χ1) is 20.3. The van der Waals surface area contributed by atoms with Crippen LogP contribution in [0.15, 0.2) is 73.7 Å². The lowest BCUT2D eigenvalue weighted by Crippen LogP contribution is -2.38. The van der Waals surface area contributed by atoms with E-state index in [1.165, 1.54) is 12.3 Å². The van der Waals surface area contributed by atoms with Gasteiger partial charge in [-0.05, 0) is 49.6 Å². The van der Waals surface area contributed by atoms with Gasteiger partial charge in [0.25, 0.3) is 5.91 Å². The predicted octanol–water partition coefficient (Wildman–Crippen LogP) is 4.72. The molecule has 2 aromatic carbocycles. The fraction of sp³-hybridized carbons (Fsp3) is 0.233. The molecular weight excluding hydrogens is 536 g/mol. The second-order valence-electron chi connectivity index (χ2n) is 9.77. The summed E-state index contributed by atoms with van der Waals surface area (Å²) in [5.41, 5.74) is 7.83. The number of ether oxygens (including phenoxy) is 2. The average molecular weight is 569 g/mol. The molecule has 216 valence electrons. The molecule has 0 bridgehead atoms. The maximum absolute atomic E-state index is 12.3. The number of benzene rings is 2. The summed E-state index contributed by atoms with van der Waals surface area (Å²) in [6.07, 6.45) is 7.83. The SMILES string of the molecule is C=CC(=O)N1CCC(n2cc(Nc3ncc(C(N)=O)c(Nc4c(C)cc(OC)cc4Oc4ccccc4)n3)cn2)CC1. The summed E-state index contributed by atoms with van der Waals surface area (Å²) in [5.74, 6) is 1.42. The number of methoxy groups -OCH3 is 1. The lowest BCUT2D eigenvalue weighted by molar-refractivity contribution is -0.127. The summed E-state index contributed by atoms with van der Waals surface area (Å²) in [6, 6.07) is 13.1. The van der Waals surface area contributed by atoms with Gasteiger partial charge in [-0.1, -0.05) is 24.8 Å². The lowest BCUT2D eigenvalue weighted by atomic mass is 10.1. The van der Waals surface area contributed by atoms with Gasteiger partial charge in [-0.15, -0.1) is 0 Å². The molecule has 4 N–H and O–H groups in total. The van der Waals surface area contributed by atoms with Crippen molar-refractivity contribution in [2.45, 2.75) is 25.8 Å². The molecule has 2 aromatic heterocycles. The third kappa shape index (κ3) is 6.33. The van der Waals surface area contributed by atoms with Gasteiger partial charge in [0, 0.05) is 31.5 Å². The smallest absolute Gasteiger partial charge is 0.254 e. The van der Waals surface area contributed by atoms with E-state index < -0.39 is 5.91 Å². The number of carbonyl (C=O) groups excluding carboxylic acids is 2. The second-order valence-corrected chi connectivity index (χ2v) is 9.77. The van der Waals surface area contributed by atoms with E-state index in [1.54, 1.807) is 24.3 Å². The van der Waals surface area contributed by atoms with E-state index in [-0.39, 0.29) is 29.3 Å². The number of nitrogens with zero attached hydrogens (tertiary/aromatic N) is 5. The highest BCUT2D eigenvalue weighted by molar-refractivity contribution is 5.98. The van der Waals surface area contributed by atoms with E-state index in [0.717, 1.165) is 18.4 Å². The van der Waals surface area contributed by atoms with Crippen LogP contribution in [-0.2, 0) is 4.79 Å². The monoisotopic (exact) mass is 568 g/mol. The van der Waals surface area contributed by atoms with Crippen molar-refractivity contribution < 1.29 is 19.1 Å². The van der Waals surface area contributed by atoms with Crippen molar-refractivity contribution in [1.82, 2.24) is 24.6 Å². The molecule has 2 amide bonds. The summed E-state index contributed by atoms with van der Waals surface area (Å²) in [6.45, 7) is 6.74. The number of anilines is 4. The van der Waals surface area contributed by atoms with Crippen molar-refractivity contribution >= 4 is 35.0 Å². The van der Waals surface area contributed by atoms with E-state index in [4.69, 9.17) is 15.2 Å². The minimum atomic E-state index is -0.685. The Labute approximate surface area is 243 Å². The van der Waals surface area contributed by atoms with E-state index in [0.29, 0.717) is 41.7 Å². The molecule has 0 aliphatic carbocycles. The number of hydrogen-bond acceptors (Lipinski definition) is 9. The van der Waals surface area contributed by atoms with Crippen LogP contribution in [0.4, 0.5) is 23.1 Å². The van der Waals surface area contributed by atoms with Gasteiger partial charge in [0.05, 0.1) is 30.7 Å². The highest BCUT2D eigenvalue weighted by Gasteiger charge is 2.23. The molecule has 1 saturated heterocycles. The number of primary amides is 1. The van der Waals surface area contributed by atoms with Gasteiger partial charge in [0.2, 0.25) is 11.9 Å². The minimum absolute atomic E-state index is 0.0548. The van der Waals surface area contributed by atoms with E-state index in [1.807, 2.05) is 54.2 Å². The maximum atomic E-state index is 12.3. The van der Waals surface area contributed by atoms with Crippen molar-refractivity contribution in [2.75, 3.05) is 30.8 Å². The largest absolute Gasteiger partial charge is 0.497 e. The Morgan fingerprint density at radius 1 is 1.10 bits per heavy atom. The molecule has 4 aromatic rings. The molecule has 1 aliphatic heterocycles. The summed E-state index contributed by atoms with van der Waals surface area (Å²) in [5, 5.41) is 10.9. The van der Waals surface area contributed by atoms with Gasteiger partial charge in [-0.3, -0.25) is 14.3 Å². The van der Waals surface area contributed by atoms with Crippen LogP contribution in [-0.4, -0.2) is 56.7 Å². The third-order valence-corrected chi connectivity index (χ3v) is 6.96. The zero-order valence-corrected chi connectivity index (χ0v) is 23.4. The maximum Gasteiger partial charge on any atom is 0.254 e. The lowest BCUT2D eigenvalue weighted by Gasteiger charge is -2.31. The van der Waals surface area contributed by atoms with Crippen LogP contribution in [0.25, 0.3) is 0 Å². The molecule has 0 radical (unpaired) electrons. The number of hydrogen-bond donors (Lipinski definition) is 3. The number of para-hydroxylation sites is 1. The van der Waals surface area contributed by atoms with Crippen molar-refractivity contribution in [1.29, 1.82) is 0 Å². The van der Waals surface area contributed by atoms with E-state index >= 15 is 0 Å². The molecule has 0 saturated carbocycles. The Kier molecular flexibility index (Phi) is 8.32. The zero-order chi connectivity index (χ0) is 29.6. The van der Waals surface area contributed by atoms with Crippen LogP contribution in [0, 0.1) is 6.92 Å². The second kappa shape index (κ2) is 12.4. The van der Waals surface area contributed by atoms with Crippen LogP contribution in [0.5, 0.6) is 17.2 Å². The molecular formula is C30H32N8O4. The highest BCUT2D eigenvalue weighted by atomic mass is 16.5. The highest BCUT2D eigenvalue weighted by Crippen LogP contribution is 2.38. The van der Waals surface area contributed by atoms with E-state index in [9.17, 15) is 9.59 Å². The van der Waals surface area contributed by atoms with Gasteiger partial charge in [-0.2, -0.15) is 10.1 Å². The summed E-state index contributed by atoms with van der Waals surface area (Å²) in [7, 11) is 1.58. The van der Waals surface area contributed by atoms with Crippen molar-refractivity contribution in [3.05, 3.63) is 84.8 Å². The fourth-order valence-corrected chi connectivity index (χ4v) is 4.74. The van der Waals surface area contributed by atoms with Crippen LogP contribution < -0.4 is 25.8 Å². The number of aryl methyl sites for hydroxylation is 1. The zero-order valence-electron chi connectivity index (χ0n) is 23.4. The first-order valence-electron chi connectivity index (χ1n) is 13.4. The first kappa shape index (κ1) is 28.1. The topological polar surface area (TPSA) is 150 Å². The fourth-order valence-electron chi connectivity index (χ4n) is 4.74. The first-order valence-corrected chi connectivity index (χ1v) is 13.4. The third-order valence-electron chi connectivity index (χ3n) is 6.96. The number of amides is 2. The number of rotatable bonds is 10. The van der Waals surface area contributed by atoms with Crippen molar-refractivity contribution in [2.24, 2.45) is 5.73 Å². The van der Waals surface area contributed by atoms with Gasteiger partial charge in [-0.25, -0.2) is 4.98 Å². The summed E-state index contributed by atoms with van der Waals surface area (Å²) < 4.78 is 13.5.